The summed E-state index contributed by atoms with van der Waals surface area (Å²) in [5.41, 5.74) is 1.79. The van der Waals surface area contributed by atoms with Crippen molar-refractivity contribution >= 4 is 5.97 Å². The maximum absolute atomic E-state index is 11.4. The fourth-order valence-electron chi connectivity index (χ4n) is 2.40. The first-order valence-electron chi connectivity index (χ1n) is 6.88. The molecule has 2 rings (SSSR count). The smallest absolute Gasteiger partial charge is 0.337 e. The van der Waals surface area contributed by atoms with E-state index in [0.717, 1.165) is 32.8 Å². The van der Waals surface area contributed by atoms with Gasteiger partial charge in [-0.25, -0.2) is 4.79 Å². The Kier molecular flexibility index (Phi) is 5.52. The number of ether oxygens (including phenoxy) is 2. The van der Waals surface area contributed by atoms with Crippen molar-refractivity contribution in [3.63, 3.8) is 0 Å². The van der Waals surface area contributed by atoms with Gasteiger partial charge >= 0.3 is 5.97 Å². The molecular formula is C15H22N2O3. The number of rotatable bonds is 5. The Bertz CT molecular complexity index is 431. The highest BCUT2D eigenvalue weighted by atomic mass is 16.5. The van der Waals surface area contributed by atoms with Crippen LogP contribution in [0.5, 0.6) is 0 Å². The predicted molar refractivity (Wildman–Crippen MR) is 76.7 cm³/mol. The molecule has 1 fully saturated rings. The molecular weight excluding hydrogens is 256 g/mol. The summed E-state index contributed by atoms with van der Waals surface area (Å²) in [6, 6.07) is 7.59. The molecule has 1 N–H and O–H groups in total. The zero-order valence-electron chi connectivity index (χ0n) is 12.1. The predicted octanol–water partition coefficient (Wildman–Crippen LogP) is 0.893. The Morgan fingerprint density at radius 2 is 2.20 bits per heavy atom. The van der Waals surface area contributed by atoms with Gasteiger partial charge in [-0.15, -0.1) is 0 Å². The first-order chi connectivity index (χ1) is 9.72. The zero-order valence-corrected chi connectivity index (χ0v) is 12.1. The van der Waals surface area contributed by atoms with Gasteiger partial charge in [-0.2, -0.15) is 0 Å². The molecule has 1 saturated heterocycles. The zero-order chi connectivity index (χ0) is 14.4. The summed E-state index contributed by atoms with van der Waals surface area (Å²) >= 11 is 0. The second-order valence-electron chi connectivity index (χ2n) is 4.97. The van der Waals surface area contributed by atoms with E-state index in [1.54, 1.807) is 0 Å². The third-order valence-corrected chi connectivity index (χ3v) is 3.44. The molecule has 5 nitrogen and oxygen atoms in total. The summed E-state index contributed by atoms with van der Waals surface area (Å²) in [5, 5.41) is 3.15. The van der Waals surface area contributed by atoms with Crippen LogP contribution in [0, 0.1) is 0 Å². The number of carbonyl (C=O) groups is 1. The molecule has 1 heterocycles. The summed E-state index contributed by atoms with van der Waals surface area (Å²) in [5.74, 6) is -0.294. The van der Waals surface area contributed by atoms with Gasteiger partial charge in [-0.3, -0.25) is 4.90 Å². The van der Waals surface area contributed by atoms with Gasteiger partial charge in [0.15, 0.2) is 0 Å². The topological polar surface area (TPSA) is 50.8 Å². The fraction of sp³-hybridized carbons (Fsp3) is 0.533. The van der Waals surface area contributed by atoms with Crippen molar-refractivity contribution < 1.29 is 14.3 Å². The van der Waals surface area contributed by atoms with Crippen LogP contribution in [0.25, 0.3) is 0 Å². The van der Waals surface area contributed by atoms with E-state index in [-0.39, 0.29) is 12.1 Å². The first kappa shape index (κ1) is 15.0. The summed E-state index contributed by atoms with van der Waals surface area (Å²) in [4.78, 5) is 13.7. The lowest BCUT2D eigenvalue weighted by atomic mass is 10.1. The summed E-state index contributed by atoms with van der Waals surface area (Å²) in [6.07, 6.45) is 0.253. The average molecular weight is 278 g/mol. The molecule has 110 valence electrons. The van der Waals surface area contributed by atoms with Crippen LogP contribution in [-0.4, -0.2) is 57.4 Å². The lowest BCUT2D eigenvalue weighted by Gasteiger charge is -2.32. The Labute approximate surface area is 119 Å². The van der Waals surface area contributed by atoms with E-state index in [4.69, 9.17) is 9.47 Å². The van der Waals surface area contributed by atoms with Crippen LogP contribution in [0.1, 0.15) is 15.9 Å². The number of esters is 1. The molecule has 0 spiro atoms. The molecule has 1 unspecified atom stereocenters. The molecule has 0 saturated carbocycles. The van der Waals surface area contributed by atoms with Gasteiger partial charge in [0.1, 0.15) is 0 Å². The van der Waals surface area contributed by atoms with Crippen molar-refractivity contribution in [2.24, 2.45) is 0 Å². The van der Waals surface area contributed by atoms with E-state index in [1.165, 1.54) is 12.7 Å². The van der Waals surface area contributed by atoms with Crippen LogP contribution in [0.2, 0.25) is 0 Å². The normalized spacial score (nSPS) is 19.8. The molecule has 0 aliphatic carbocycles. The average Bonchev–Trinajstić information content (AvgIpc) is 2.48. The quantitative estimate of drug-likeness (QED) is 0.811. The van der Waals surface area contributed by atoms with Gasteiger partial charge in [0.05, 0.1) is 25.4 Å². The van der Waals surface area contributed by atoms with E-state index in [9.17, 15) is 4.79 Å². The summed E-state index contributed by atoms with van der Waals surface area (Å²) in [7, 11) is 3.33. The van der Waals surface area contributed by atoms with E-state index < -0.39 is 0 Å². The molecule has 5 heteroatoms. The van der Waals surface area contributed by atoms with Crippen molar-refractivity contribution in [3.05, 3.63) is 35.4 Å². The van der Waals surface area contributed by atoms with Gasteiger partial charge in [0.2, 0.25) is 0 Å². The Balaban J connectivity index is 1.91. The third-order valence-electron chi connectivity index (χ3n) is 3.44. The van der Waals surface area contributed by atoms with Crippen molar-refractivity contribution in [3.8, 4) is 0 Å². The van der Waals surface area contributed by atoms with Crippen LogP contribution in [0.3, 0.4) is 0 Å². The van der Waals surface area contributed by atoms with Gasteiger partial charge in [0.25, 0.3) is 0 Å². The Morgan fingerprint density at radius 3 is 2.85 bits per heavy atom. The summed E-state index contributed by atoms with van der Waals surface area (Å²) < 4.78 is 10.4. The molecule has 0 amide bonds. The molecule has 1 aliphatic rings. The number of methoxy groups -OCH3 is 1. The maximum Gasteiger partial charge on any atom is 0.337 e. The number of nitrogens with one attached hydrogen (secondary N) is 1. The minimum Gasteiger partial charge on any atom is -0.465 e. The lowest BCUT2D eigenvalue weighted by molar-refractivity contribution is -0.0291. The lowest BCUT2D eigenvalue weighted by Crippen LogP contribution is -2.45. The second kappa shape index (κ2) is 7.38. The highest BCUT2D eigenvalue weighted by Gasteiger charge is 2.19. The van der Waals surface area contributed by atoms with Crippen molar-refractivity contribution in [2.45, 2.75) is 12.6 Å². The Morgan fingerprint density at radius 1 is 1.45 bits per heavy atom. The second-order valence-corrected chi connectivity index (χ2v) is 4.97. The highest BCUT2D eigenvalue weighted by Crippen LogP contribution is 2.12. The number of hydrogen-bond acceptors (Lipinski definition) is 5. The standard InChI is InChI=1S/C15H22N2O3/c1-16-9-14-11-17(7-8-20-14)10-12-3-5-13(6-4-12)15(18)19-2/h3-6,14,16H,7-11H2,1-2H3. The monoisotopic (exact) mass is 278 g/mol. The van der Waals surface area contributed by atoms with E-state index in [1.807, 2.05) is 31.3 Å². The molecule has 20 heavy (non-hydrogen) atoms. The largest absolute Gasteiger partial charge is 0.465 e. The number of hydrogen-bond donors (Lipinski definition) is 1. The first-order valence-corrected chi connectivity index (χ1v) is 6.88. The SMILES string of the molecule is CNCC1CN(Cc2ccc(C(=O)OC)cc2)CCO1. The number of likely N-dealkylation sites (N-methyl/N-ethyl adjacent to an activating group) is 1. The molecule has 0 aromatic heterocycles. The molecule has 1 atom stereocenters. The minimum absolute atomic E-state index is 0.253. The van der Waals surface area contributed by atoms with Crippen LogP contribution in [0.15, 0.2) is 24.3 Å². The van der Waals surface area contributed by atoms with Crippen LogP contribution < -0.4 is 5.32 Å². The van der Waals surface area contributed by atoms with Crippen LogP contribution in [-0.2, 0) is 16.0 Å². The van der Waals surface area contributed by atoms with Gasteiger partial charge < -0.3 is 14.8 Å². The maximum atomic E-state index is 11.4. The number of benzene rings is 1. The van der Waals surface area contributed by atoms with E-state index in [0.29, 0.717) is 5.56 Å². The minimum atomic E-state index is -0.294. The molecule has 1 aromatic carbocycles. The van der Waals surface area contributed by atoms with Crippen molar-refractivity contribution in [2.75, 3.05) is 40.4 Å². The van der Waals surface area contributed by atoms with E-state index >= 15 is 0 Å². The molecule has 1 aliphatic heterocycles. The van der Waals surface area contributed by atoms with Gasteiger partial charge in [-0.1, -0.05) is 12.1 Å². The molecule has 1 aromatic rings. The van der Waals surface area contributed by atoms with E-state index in [2.05, 4.69) is 10.2 Å². The van der Waals surface area contributed by atoms with Gasteiger partial charge in [0, 0.05) is 26.2 Å². The molecule has 0 bridgehead atoms. The van der Waals surface area contributed by atoms with Crippen molar-refractivity contribution in [1.29, 1.82) is 0 Å². The Hall–Kier alpha value is -1.43. The van der Waals surface area contributed by atoms with Crippen LogP contribution >= 0.6 is 0 Å². The third kappa shape index (κ3) is 4.03. The van der Waals surface area contributed by atoms with Crippen molar-refractivity contribution in [1.82, 2.24) is 10.2 Å². The summed E-state index contributed by atoms with van der Waals surface area (Å²) in [6.45, 7) is 4.40. The van der Waals surface area contributed by atoms with Crippen LogP contribution in [0.4, 0.5) is 0 Å². The van der Waals surface area contributed by atoms with Gasteiger partial charge in [-0.05, 0) is 24.7 Å². The number of morpholine rings is 1. The number of nitrogens with zero attached hydrogens (tertiary/aromatic N) is 1. The fourth-order valence-corrected chi connectivity index (χ4v) is 2.40. The molecule has 0 radical (unpaired) electrons. The number of carbonyl (C=O) groups excluding carboxylic acids is 1. The highest BCUT2D eigenvalue weighted by molar-refractivity contribution is 5.89.